The molecule has 0 N–H and O–H groups in total. The molecule has 0 saturated heterocycles. The molecule has 0 fully saturated rings. The lowest BCUT2D eigenvalue weighted by Gasteiger charge is -2.33. The second kappa shape index (κ2) is 6.22. The van der Waals surface area contributed by atoms with Gasteiger partial charge in [0.15, 0.2) is 0 Å². The first-order valence-corrected chi connectivity index (χ1v) is 9.29. The van der Waals surface area contributed by atoms with Crippen LogP contribution >= 0.6 is 0 Å². The van der Waals surface area contributed by atoms with Gasteiger partial charge in [0.1, 0.15) is 11.4 Å². The fourth-order valence-corrected chi connectivity index (χ4v) is 4.05. The third-order valence-corrected chi connectivity index (χ3v) is 5.32. The zero-order valence-electron chi connectivity index (χ0n) is 15.4. The third-order valence-electron chi connectivity index (χ3n) is 5.32. The summed E-state index contributed by atoms with van der Waals surface area (Å²) in [5, 5.41) is 0. The van der Waals surface area contributed by atoms with Gasteiger partial charge in [0, 0.05) is 5.56 Å². The SMILES string of the molecule is Cc1ccc2c(c1)C(C1=CCC(c3ccccc3)CC1)=CC(C)(C)O2. The van der Waals surface area contributed by atoms with Crippen LogP contribution in [0, 0.1) is 6.92 Å². The van der Waals surface area contributed by atoms with E-state index in [9.17, 15) is 0 Å². The fourth-order valence-electron chi connectivity index (χ4n) is 4.05. The van der Waals surface area contributed by atoms with Gasteiger partial charge in [-0.3, -0.25) is 0 Å². The molecule has 0 saturated carbocycles. The normalized spacial score (nSPS) is 21.6. The average molecular weight is 330 g/mol. The quantitative estimate of drug-likeness (QED) is 0.615. The van der Waals surface area contributed by atoms with E-state index < -0.39 is 0 Å². The van der Waals surface area contributed by atoms with Crippen LogP contribution in [-0.4, -0.2) is 5.60 Å². The molecule has 1 nitrogen and oxygen atoms in total. The van der Waals surface area contributed by atoms with Crippen molar-refractivity contribution in [2.75, 3.05) is 0 Å². The predicted molar refractivity (Wildman–Crippen MR) is 105 cm³/mol. The second-order valence-corrected chi connectivity index (χ2v) is 7.87. The minimum Gasteiger partial charge on any atom is -0.483 e. The zero-order chi connectivity index (χ0) is 17.4. The summed E-state index contributed by atoms with van der Waals surface area (Å²) in [4.78, 5) is 0. The molecule has 0 amide bonds. The summed E-state index contributed by atoms with van der Waals surface area (Å²) >= 11 is 0. The number of aryl methyl sites for hydroxylation is 1. The molecule has 1 atom stereocenters. The molecule has 2 aromatic carbocycles. The lowest BCUT2D eigenvalue weighted by molar-refractivity contribution is 0.158. The highest BCUT2D eigenvalue weighted by Crippen LogP contribution is 2.44. The Kier molecular flexibility index (Phi) is 4.03. The number of rotatable bonds is 2. The van der Waals surface area contributed by atoms with Crippen molar-refractivity contribution in [1.82, 2.24) is 0 Å². The maximum atomic E-state index is 6.18. The molecule has 1 heterocycles. The van der Waals surface area contributed by atoms with E-state index in [2.05, 4.69) is 81.5 Å². The van der Waals surface area contributed by atoms with Crippen molar-refractivity contribution in [2.45, 2.75) is 51.6 Å². The average Bonchev–Trinajstić information content (AvgIpc) is 2.62. The molecule has 0 aromatic heterocycles. The minimum absolute atomic E-state index is 0.255. The standard InChI is InChI=1S/C24H26O/c1-17-9-14-23-21(15-17)22(16-24(2,3)25-23)20-12-10-19(11-13-20)18-7-5-4-6-8-18/h4-9,12,14-16,19H,10-11,13H2,1-3H3. The Morgan fingerprint density at radius 1 is 1.04 bits per heavy atom. The highest BCUT2D eigenvalue weighted by atomic mass is 16.5. The molecule has 2 aromatic rings. The summed E-state index contributed by atoms with van der Waals surface area (Å²) < 4.78 is 6.18. The summed E-state index contributed by atoms with van der Waals surface area (Å²) in [5.74, 6) is 1.66. The van der Waals surface area contributed by atoms with Crippen molar-refractivity contribution in [3.63, 3.8) is 0 Å². The third kappa shape index (κ3) is 3.28. The van der Waals surface area contributed by atoms with Crippen LogP contribution < -0.4 is 4.74 Å². The number of hydrogen-bond donors (Lipinski definition) is 0. The Morgan fingerprint density at radius 3 is 2.56 bits per heavy atom. The van der Waals surface area contributed by atoms with E-state index in [-0.39, 0.29) is 5.60 Å². The van der Waals surface area contributed by atoms with Crippen LogP contribution in [0.5, 0.6) is 5.75 Å². The van der Waals surface area contributed by atoms with Crippen LogP contribution in [0.2, 0.25) is 0 Å². The summed E-state index contributed by atoms with van der Waals surface area (Å²) in [6.07, 6.45) is 8.24. The van der Waals surface area contributed by atoms with Gasteiger partial charge in [-0.2, -0.15) is 0 Å². The van der Waals surface area contributed by atoms with E-state index in [1.165, 1.54) is 34.3 Å². The van der Waals surface area contributed by atoms with Crippen LogP contribution in [0.1, 0.15) is 55.7 Å². The monoisotopic (exact) mass is 330 g/mol. The first-order valence-electron chi connectivity index (χ1n) is 9.29. The molecular weight excluding hydrogens is 304 g/mol. The molecule has 2 aliphatic rings. The van der Waals surface area contributed by atoms with Crippen LogP contribution in [-0.2, 0) is 0 Å². The van der Waals surface area contributed by atoms with Crippen molar-refractivity contribution < 1.29 is 4.74 Å². The van der Waals surface area contributed by atoms with E-state index in [0.29, 0.717) is 5.92 Å². The van der Waals surface area contributed by atoms with Crippen molar-refractivity contribution in [1.29, 1.82) is 0 Å². The highest BCUT2D eigenvalue weighted by Gasteiger charge is 2.29. The van der Waals surface area contributed by atoms with Gasteiger partial charge in [0.25, 0.3) is 0 Å². The van der Waals surface area contributed by atoms with E-state index in [4.69, 9.17) is 4.74 Å². The first-order chi connectivity index (χ1) is 12.0. The molecule has 1 aliphatic carbocycles. The Balaban J connectivity index is 1.66. The molecule has 0 radical (unpaired) electrons. The molecule has 1 heteroatoms. The predicted octanol–water partition coefficient (Wildman–Crippen LogP) is 6.44. The van der Waals surface area contributed by atoms with Crippen molar-refractivity contribution in [2.24, 2.45) is 0 Å². The Labute approximate surface area is 151 Å². The number of fused-ring (bicyclic) bond motifs is 1. The second-order valence-electron chi connectivity index (χ2n) is 7.87. The fraction of sp³-hybridized carbons (Fsp3) is 0.333. The van der Waals surface area contributed by atoms with Crippen LogP contribution in [0.25, 0.3) is 5.57 Å². The van der Waals surface area contributed by atoms with Gasteiger partial charge in [-0.15, -0.1) is 0 Å². The van der Waals surface area contributed by atoms with E-state index in [1.807, 2.05) is 0 Å². The number of benzene rings is 2. The largest absolute Gasteiger partial charge is 0.483 e. The molecule has 25 heavy (non-hydrogen) atoms. The number of hydrogen-bond acceptors (Lipinski definition) is 1. The molecule has 128 valence electrons. The molecule has 1 aliphatic heterocycles. The van der Waals surface area contributed by atoms with Gasteiger partial charge in [0.2, 0.25) is 0 Å². The highest BCUT2D eigenvalue weighted by molar-refractivity contribution is 5.84. The Hall–Kier alpha value is -2.28. The van der Waals surface area contributed by atoms with Crippen molar-refractivity contribution >= 4 is 5.57 Å². The summed E-state index contributed by atoms with van der Waals surface area (Å²) in [6.45, 7) is 6.44. The first kappa shape index (κ1) is 16.2. The minimum atomic E-state index is -0.255. The Morgan fingerprint density at radius 2 is 1.84 bits per heavy atom. The Bertz CT molecular complexity index is 840. The molecule has 1 unspecified atom stereocenters. The van der Waals surface area contributed by atoms with Crippen molar-refractivity contribution in [3.8, 4) is 5.75 Å². The van der Waals surface area contributed by atoms with Crippen LogP contribution in [0.15, 0.2) is 66.3 Å². The van der Waals surface area contributed by atoms with Crippen LogP contribution in [0.3, 0.4) is 0 Å². The van der Waals surface area contributed by atoms with Gasteiger partial charge in [-0.05, 0) is 80.9 Å². The molecule has 4 rings (SSSR count). The van der Waals surface area contributed by atoms with E-state index >= 15 is 0 Å². The van der Waals surface area contributed by atoms with Gasteiger partial charge < -0.3 is 4.74 Å². The maximum Gasteiger partial charge on any atom is 0.128 e. The molecular formula is C24H26O. The van der Waals surface area contributed by atoms with Crippen molar-refractivity contribution in [3.05, 3.63) is 82.9 Å². The summed E-state index contributed by atoms with van der Waals surface area (Å²) in [7, 11) is 0. The number of allylic oxidation sites excluding steroid dienone is 3. The molecule has 0 bridgehead atoms. The zero-order valence-corrected chi connectivity index (χ0v) is 15.4. The van der Waals surface area contributed by atoms with Crippen LogP contribution in [0.4, 0.5) is 0 Å². The van der Waals surface area contributed by atoms with Gasteiger partial charge >= 0.3 is 0 Å². The van der Waals surface area contributed by atoms with Gasteiger partial charge in [-0.25, -0.2) is 0 Å². The smallest absolute Gasteiger partial charge is 0.128 e. The topological polar surface area (TPSA) is 9.23 Å². The van der Waals surface area contributed by atoms with E-state index in [1.54, 1.807) is 0 Å². The summed E-state index contributed by atoms with van der Waals surface area (Å²) in [6, 6.07) is 17.4. The van der Waals surface area contributed by atoms with Gasteiger partial charge in [0.05, 0.1) is 0 Å². The lowest BCUT2D eigenvalue weighted by atomic mass is 9.79. The van der Waals surface area contributed by atoms with E-state index in [0.717, 1.165) is 18.6 Å². The summed E-state index contributed by atoms with van der Waals surface area (Å²) in [5.41, 5.74) is 6.61. The molecule has 0 spiro atoms. The number of ether oxygens (including phenoxy) is 1. The van der Waals surface area contributed by atoms with Gasteiger partial charge in [-0.1, -0.05) is 48.0 Å². The maximum absolute atomic E-state index is 6.18. The lowest BCUT2D eigenvalue weighted by Crippen LogP contribution is -2.29.